The summed E-state index contributed by atoms with van der Waals surface area (Å²) in [6.45, 7) is 2.35. The van der Waals surface area contributed by atoms with E-state index in [1.165, 1.54) is 12.8 Å². The fraction of sp³-hybridized carbons (Fsp3) is 0.562. The van der Waals surface area contributed by atoms with E-state index < -0.39 is 6.10 Å². The standard InChI is InChI=1S/C16H21Cl2NO2/c1-12(21-15-8-4-5-13(18)11-15)16(20)19(10-9-17)14-6-2-3-7-14/h4-5,8,11-12,14H,2-3,6-7,9-10H2,1H3. The Balaban J connectivity index is 2.01. The first-order valence-electron chi connectivity index (χ1n) is 7.40. The normalized spacial score (nSPS) is 16.7. The third-order valence-corrected chi connectivity index (χ3v) is 4.23. The molecular weight excluding hydrogens is 309 g/mol. The first-order chi connectivity index (χ1) is 10.1. The molecule has 0 aromatic heterocycles. The number of rotatable bonds is 6. The van der Waals surface area contributed by atoms with Gasteiger partial charge in [0.05, 0.1) is 0 Å². The van der Waals surface area contributed by atoms with Crippen molar-refractivity contribution in [2.24, 2.45) is 0 Å². The first-order valence-corrected chi connectivity index (χ1v) is 8.31. The van der Waals surface area contributed by atoms with E-state index in [-0.39, 0.29) is 5.91 Å². The lowest BCUT2D eigenvalue weighted by atomic mass is 10.2. The molecule has 2 rings (SSSR count). The van der Waals surface area contributed by atoms with E-state index in [9.17, 15) is 4.79 Å². The van der Waals surface area contributed by atoms with Gasteiger partial charge in [0, 0.05) is 23.5 Å². The highest BCUT2D eigenvalue weighted by Crippen LogP contribution is 2.25. The van der Waals surface area contributed by atoms with Crippen molar-refractivity contribution < 1.29 is 9.53 Å². The molecule has 1 saturated carbocycles. The molecule has 5 heteroatoms. The number of hydrogen-bond acceptors (Lipinski definition) is 2. The van der Waals surface area contributed by atoms with Gasteiger partial charge in [0.1, 0.15) is 5.75 Å². The number of carbonyl (C=O) groups excluding carboxylic acids is 1. The van der Waals surface area contributed by atoms with Gasteiger partial charge in [-0.15, -0.1) is 11.6 Å². The van der Waals surface area contributed by atoms with Crippen LogP contribution in [0.25, 0.3) is 0 Å². The van der Waals surface area contributed by atoms with Crippen LogP contribution >= 0.6 is 23.2 Å². The van der Waals surface area contributed by atoms with Gasteiger partial charge in [0.25, 0.3) is 5.91 Å². The molecule has 1 atom stereocenters. The van der Waals surface area contributed by atoms with Crippen LogP contribution in [0.1, 0.15) is 32.6 Å². The summed E-state index contributed by atoms with van der Waals surface area (Å²) < 4.78 is 5.73. The zero-order valence-corrected chi connectivity index (χ0v) is 13.7. The maximum Gasteiger partial charge on any atom is 0.263 e. The lowest BCUT2D eigenvalue weighted by Gasteiger charge is -2.30. The van der Waals surface area contributed by atoms with Gasteiger partial charge in [-0.3, -0.25) is 4.79 Å². The van der Waals surface area contributed by atoms with Crippen LogP contribution in [0.3, 0.4) is 0 Å². The third kappa shape index (κ3) is 4.52. The van der Waals surface area contributed by atoms with Crippen LogP contribution in [-0.2, 0) is 4.79 Å². The second-order valence-corrected chi connectivity index (χ2v) is 6.19. The van der Waals surface area contributed by atoms with Crippen molar-refractivity contribution in [2.45, 2.75) is 44.8 Å². The molecule has 1 amide bonds. The zero-order chi connectivity index (χ0) is 15.2. The molecular formula is C16H21Cl2NO2. The van der Waals surface area contributed by atoms with Crippen LogP contribution in [0, 0.1) is 0 Å². The minimum absolute atomic E-state index is 0.00234. The minimum Gasteiger partial charge on any atom is -0.481 e. The molecule has 0 spiro atoms. The first kappa shape index (κ1) is 16.4. The number of alkyl halides is 1. The summed E-state index contributed by atoms with van der Waals surface area (Å²) >= 11 is 11.8. The molecule has 1 aromatic rings. The molecule has 0 bridgehead atoms. The summed E-state index contributed by atoms with van der Waals surface area (Å²) in [4.78, 5) is 14.5. The fourth-order valence-corrected chi connectivity index (χ4v) is 3.17. The Morgan fingerprint density at radius 2 is 2.14 bits per heavy atom. The zero-order valence-electron chi connectivity index (χ0n) is 12.2. The van der Waals surface area contributed by atoms with E-state index in [0.29, 0.717) is 29.2 Å². The number of halogens is 2. The Morgan fingerprint density at radius 1 is 1.43 bits per heavy atom. The summed E-state index contributed by atoms with van der Waals surface area (Å²) in [5.74, 6) is 1.06. The van der Waals surface area contributed by atoms with Gasteiger partial charge in [0.2, 0.25) is 0 Å². The van der Waals surface area contributed by atoms with E-state index in [1.54, 1.807) is 25.1 Å². The highest BCUT2D eigenvalue weighted by molar-refractivity contribution is 6.30. The van der Waals surface area contributed by atoms with Gasteiger partial charge in [-0.1, -0.05) is 30.5 Å². The highest BCUT2D eigenvalue weighted by atomic mass is 35.5. The Morgan fingerprint density at radius 3 is 2.76 bits per heavy atom. The molecule has 0 heterocycles. The van der Waals surface area contributed by atoms with Crippen molar-refractivity contribution in [1.29, 1.82) is 0 Å². The van der Waals surface area contributed by atoms with Gasteiger partial charge in [-0.25, -0.2) is 0 Å². The lowest BCUT2D eigenvalue weighted by Crippen LogP contribution is -2.46. The highest BCUT2D eigenvalue weighted by Gasteiger charge is 2.30. The van der Waals surface area contributed by atoms with Crippen molar-refractivity contribution in [2.75, 3.05) is 12.4 Å². The molecule has 0 saturated heterocycles. The maximum atomic E-state index is 12.6. The molecule has 1 aromatic carbocycles. The average molecular weight is 330 g/mol. The van der Waals surface area contributed by atoms with Gasteiger partial charge in [0.15, 0.2) is 6.10 Å². The molecule has 0 aliphatic heterocycles. The number of benzene rings is 1. The van der Waals surface area contributed by atoms with Crippen LogP contribution in [-0.4, -0.2) is 35.4 Å². The fourth-order valence-electron chi connectivity index (χ4n) is 2.81. The number of ether oxygens (including phenoxy) is 1. The van der Waals surface area contributed by atoms with Crippen LogP contribution in [0.15, 0.2) is 24.3 Å². The second-order valence-electron chi connectivity index (χ2n) is 5.38. The maximum absolute atomic E-state index is 12.6. The van der Waals surface area contributed by atoms with Crippen molar-refractivity contribution in [3.63, 3.8) is 0 Å². The molecule has 1 fully saturated rings. The molecule has 1 unspecified atom stereocenters. The Hall–Kier alpha value is -0.930. The van der Waals surface area contributed by atoms with Crippen molar-refractivity contribution >= 4 is 29.1 Å². The van der Waals surface area contributed by atoms with Crippen LogP contribution in [0.2, 0.25) is 5.02 Å². The van der Waals surface area contributed by atoms with Gasteiger partial charge in [-0.2, -0.15) is 0 Å². The number of amides is 1. The minimum atomic E-state index is -0.535. The molecule has 0 N–H and O–H groups in total. The molecule has 3 nitrogen and oxygen atoms in total. The average Bonchev–Trinajstić information content (AvgIpc) is 2.98. The Kier molecular flexibility index (Phi) is 6.19. The van der Waals surface area contributed by atoms with Gasteiger partial charge >= 0.3 is 0 Å². The summed E-state index contributed by atoms with van der Waals surface area (Å²) in [6.07, 6.45) is 3.95. The predicted octanol–water partition coefficient (Wildman–Crippen LogP) is 4.12. The molecule has 1 aliphatic carbocycles. The molecule has 21 heavy (non-hydrogen) atoms. The van der Waals surface area contributed by atoms with Crippen molar-refractivity contribution in [1.82, 2.24) is 4.90 Å². The predicted molar refractivity (Wildman–Crippen MR) is 86.2 cm³/mol. The summed E-state index contributed by atoms with van der Waals surface area (Å²) in [5.41, 5.74) is 0. The summed E-state index contributed by atoms with van der Waals surface area (Å²) in [6, 6.07) is 7.41. The summed E-state index contributed by atoms with van der Waals surface area (Å²) in [5, 5.41) is 0.598. The van der Waals surface area contributed by atoms with Crippen molar-refractivity contribution in [3.05, 3.63) is 29.3 Å². The second kappa shape index (κ2) is 7.90. The van der Waals surface area contributed by atoms with Gasteiger partial charge in [-0.05, 0) is 38.0 Å². The SMILES string of the molecule is CC(Oc1cccc(Cl)c1)C(=O)N(CCCl)C1CCCC1. The van der Waals surface area contributed by atoms with Crippen molar-refractivity contribution in [3.8, 4) is 5.75 Å². The smallest absolute Gasteiger partial charge is 0.263 e. The Labute approximate surface area is 136 Å². The quantitative estimate of drug-likeness (QED) is 0.735. The van der Waals surface area contributed by atoms with E-state index in [0.717, 1.165) is 12.8 Å². The van der Waals surface area contributed by atoms with Gasteiger partial charge < -0.3 is 9.64 Å². The number of carbonyl (C=O) groups is 1. The Bertz CT molecular complexity index is 475. The van der Waals surface area contributed by atoms with Crippen LogP contribution in [0.5, 0.6) is 5.75 Å². The number of nitrogens with zero attached hydrogens (tertiary/aromatic N) is 1. The van der Waals surface area contributed by atoms with E-state index in [1.807, 2.05) is 11.0 Å². The van der Waals surface area contributed by atoms with Crippen LogP contribution in [0.4, 0.5) is 0 Å². The topological polar surface area (TPSA) is 29.5 Å². The van der Waals surface area contributed by atoms with E-state index in [2.05, 4.69) is 0 Å². The molecule has 0 radical (unpaired) electrons. The molecule has 116 valence electrons. The molecule has 1 aliphatic rings. The number of hydrogen-bond donors (Lipinski definition) is 0. The van der Waals surface area contributed by atoms with E-state index >= 15 is 0 Å². The summed E-state index contributed by atoms with van der Waals surface area (Å²) in [7, 11) is 0. The van der Waals surface area contributed by atoms with E-state index in [4.69, 9.17) is 27.9 Å². The van der Waals surface area contributed by atoms with Crippen LogP contribution < -0.4 is 4.74 Å². The largest absolute Gasteiger partial charge is 0.481 e. The monoisotopic (exact) mass is 329 g/mol. The third-order valence-electron chi connectivity index (χ3n) is 3.83. The lowest BCUT2D eigenvalue weighted by molar-refractivity contribution is -0.140.